The van der Waals surface area contributed by atoms with E-state index in [1.807, 2.05) is 0 Å². The first kappa shape index (κ1) is 11.9. The molecule has 0 heterocycles. The number of aromatic carboxylic acids is 2. The molecule has 0 bridgehead atoms. The van der Waals surface area contributed by atoms with E-state index in [-0.39, 0.29) is 11.1 Å². The fraction of sp³-hybridized carbons (Fsp3) is 0. The molecular formula is C14H8O4-2. The zero-order valence-corrected chi connectivity index (χ0v) is 9.25. The lowest BCUT2D eigenvalue weighted by atomic mass is 9.97. The zero-order chi connectivity index (χ0) is 13.1. The van der Waals surface area contributed by atoms with Gasteiger partial charge in [-0.1, -0.05) is 42.5 Å². The van der Waals surface area contributed by atoms with Gasteiger partial charge in [-0.25, -0.2) is 0 Å². The Morgan fingerprint density at radius 3 is 2.06 bits per heavy atom. The Morgan fingerprint density at radius 2 is 1.50 bits per heavy atom. The molecule has 0 fully saturated rings. The predicted octanol–water partition coefficient (Wildman–Crippen LogP) is 0.0806. The highest BCUT2D eigenvalue weighted by Gasteiger charge is 2.07. The summed E-state index contributed by atoms with van der Waals surface area (Å²) in [5.41, 5.74) is 0.794. The standard InChI is InChI=1S/C14H10O4/c15-13(16)10-6-7-11(14(17)18)12(8-10)9-4-2-1-3-5-9/h1-8H,(H,15,16)(H,17,18)/p-2. The largest absolute Gasteiger partial charge is 0.545 e. The fourth-order valence-corrected chi connectivity index (χ4v) is 1.71. The van der Waals surface area contributed by atoms with E-state index in [9.17, 15) is 19.8 Å². The van der Waals surface area contributed by atoms with Crippen molar-refractivity contribution in [2.45, 2.75) is 0 Å². The maximum atomic E-state index is 11.0. The van der Waals surface area contributed by atoms with Crippen LogP contribution in [0.15, 0.2) is 48.5 Å². The summed E-state index contributed by atoms with van der Waals surface area (Å²) in [5, 5.41) is 21.8. The molecule has 0 aliphatic rings. The third kappa shape index (κ3) is 2.22. The molecule has 18 heavy (non-hydrogen) atoms. The van der Waals surface area contributed by atoms with Gasteiger partial charge in [-0.2, -0.15) is 0 Å². The second-order valence-corrected chi connectivity index (χ2v) is 3.70. The number of carbonyl (C=O) groups is 2. The molecule has 0 aromatic heterocycles. The van der Waals surface area contributed by atoms with Crippen LogP contribution in [0.1, 0.15) is 20.7 Å². The van der Waals surface area contributed by atoms with Crippen molar-refractivity contribution < 1.29 is 19.8 Å². The first-order valence-corrected chi connectivity index (χ1v) is 5.22. The summed E-state index contributed by atoms with van der Waals surface area (Å²) in [6.45, 7) is 0. The quantitative estimate of drug-likeness (QED) is 0.761. The molecule has 90 valence electrons. The topological polar surface area (TPSA) is 80.3 Å². The normalized spacial score (nSPS) is 10.0. The van der Waals surface area contributed by atoms with Crippen molar-refractivity contribution in [3.8, 4) is 11.1 Å². The Balaban J connectivity index is 2.65. The number of rotatable bonds is 3. The summed E-state index contributed by atoms with van der Waals surface area (Å²) in [4.78, 5) is 21.8. The summed E-state index contributed by atoms with van der Waals surface area (Å²) < 4.78 is 0. The second-order valence-electron chi connectivity index (χ2n) is 3.70. The summed E-state index contributed by atoms with van der Waals surface area (Å²) >= 11 is 0. The van der Waals surface area contributed by atoms with Gasteiger partial charge in [0.2, 0.25) is 0 Å². The van der Waals surface area contributed by atoms with E-state index < -0.39 is 11.9 Å². The van der Waals surface area contributed by atoms with E-state index in [0.717, 1.165) is 0 Å². The Kier molecular flexibility index (Phi) is 3.10. The number of carboxylic acid groups (broad SMARTS) is 2. The van der Waals surface area contributed by atoms with Crippen molar-refractivity contribution in [1.29, 1.82) is 0 Å². The van der Waals surface area contributed by atoms with Crippen LogP contribution in [-0.4, -0.2) is 11.9 Å². The molecule has 0 amide bonds. The van der Waals surface area contributed by atoms with Crippen LogP contribution in [0.25, 0.3) is 11.1 Å². The van der Waals surface area contributed by atoms with Crippen LogP contribution >= 0.6 is 0 Å². The van der Waals surface area contributed by atoms with E-state index >= 15 is 0 Å². The number of hydrogen-bond acceptors (Lipinski definition) is 4. The molecule has 2 rings (SSSR count). The van der Waals surface area contributed by atoms with Crippen LogP contribution in [0.2, 0.25) is 0 Å². The maximum absolute atomic E-state index is 11.0. The first-order chi connectivity index (χ1) is 8.59. The number of hydrogen-bond donors (Lipinski definition) is 0. The van der Waals surface area contributed by atoms with E-state index in [1.54, 1.807) is 30.3 Å². The number of benzene rings is 2. The van der Waals surface area contributed by atoms with Gasteiger partial charge < -0.3 is 19.8 Å². The number of carboxylic acids is 2. The lowest BCUT2D eigenvalue weighted by Crippen LogP contribution is -2.25. The van der Waals surface area contributed by atoms with E-state index in [0.29, 0.717) is 11.1 Å². The maximum Gasteiger partial charge on any atom is 0.0721 e. The smallest absolute Gasteiger partial charge is 0.0721 e. The third-order valence-corrected chi connectivity index (χ3v) is 2.56. The van der Waals surface area contributed by atoms with E-state index in [4.69, 9.17) is 0 Å². The van der Waals surface area contributed by atoms with Crippen molar-refractivity contribution in [3.05, 3.63) is 59.7 Å². The Bertz CT molecular complexity index is 602. The molecule has 4 nitrogen and oxygen atoms in total. The molecule has 0 atom stereocenters. The Hall–Kier alpha value is -2.62. The van der Waals surface area contributed by atoms with E-state index in [1.165, 1.54) is 18.2 Å². The van der Waals surface area contributed by atoms with Gasteiger partial charge in [0.15, 0.2) is 0 Å². The van der Waals surface area contributed by atoms with Crippen molar-refractivity contribution in [2.75, 3.05) is 0 Å². The van der Waals surface area contributed by atoms with Crippen LogP contribution in [0.4, 0.5) is 0 Å². The van der Waals surface area contributed by atoms with Crippen LogP contribution in [-0.2, 0) is 0 Å². The lowest BCUT2D eigenvalue weighted by Gasteiger charge is -2.13. The molecule has 0 saturated carbocycles. The summed E-state index contributed by atoms with van der Waals surface area (Å²) in [6, 6.07) is 12.3. The van der Waals surface area contributed by atoms with Gasteiger partial charge in [-0.15, -0.1) is 0 Å². The van der Waals surface area contributed by atoms with Crippen LogP contribution in [0.3, 0.4) is 0 Å². The van der Waals surface area contributed by atoms with E-state index in [2.05, 4.69) is 0 Å². The van der Waals surface area contributed by atoms with Crippen molar-refractivity contribution >= 4 is 11.9 Å². The molecule has 0 aliphatic carbocycles. The minimum Gasteiger partial charge on any atom is -0.545 e. The molecular weight excluding hydrogens is 232 g/mol. The second kappa shape index (κ2) is 4.71. The minimum absolute atomic E-state index is 0.0498. The van der Waals surface area contributed by atoms with Crippen molar-refractivity contribution in [2.24, 2.45) is 0 Å². The molecule has 0 unspecified atom stereocenters. The molecule has 2 aromatic rings. The Labute approximate surface area is 103 Å². The van der Waals surface area contributed by atoms with Crippen LogP contribution in [0.5, 0.6) is 0 Å². The minimum atomic E-state index is -1.35. The lowest BCUT2D eigenvalue weighted by molar-refractivity contribution is -0.256. The highest BCUT2D eigenvalue weighted by Crippen LogP contribution is 2.24. The van der Waals surface area contributed by atoms with Gasteiger partial charge >= 0.3 is 0 Å². The van der Waals surface area contributed by atoms with Crippen LogP contribution in [0, 0.1) is 0 Å². The highest BCUT2D eigenvalue weighted by molar-refractivity contribution is 5.97. The van der Waals surface area contributed by atoms with Crippen molar-refractivity contribution in [1.82, 2.24) is 0 Å². The van der Waals surface area contributed by atoms with Crippen LogP contribution < -0.4 is 10.2 Å². The average molecular weight is 240 g/mol. The van der Waals surface area contributed by atoms with Gasteiger partial charge in [-0.3, -0.25) is 0 Å². The zero-order valence-electron chi connectivity index (χ0n) is 9.25. The molecule has 0 aliphatic heterocycles. The predicted molar refractivity (Wildman–Crippen MR) is 60.5 cm³/mol. The van der Waals surface area contributed by atoms with Gasteiger partial charge in [0.1, 0.15) is 0 Å². The summed E-state index contributed by atoms with van der Waals surface area (Å²) in [5.74, 6) is -2.70. The molecule has 0 radical (unpaired) electrons. The van der Waals surface area contributed by atoms with Crippen molar-refractivity contribution in [3.63, 3.8) is 0 Å². The average Bonchev–Trinajstić information content (AvgIpc) is 2.39. The van der Waals surface area contributed by atoms with Gasteiger partial charge in [0.25, 0.3) is 0 Å². The third-order valence-electron chi connectivity index (χ3n) is 2.56. The molecule has 4 heteroatoms. The summed E-state index contributed by atoms with van der Waals surface area (Å²) in [7, 11) is 0. The van der Waals surface area contributed by atoms with Gasteiger partial charge in [-0.05, 0) is 22.8 Å². The first-order valence-electron chi connectivity index (χ1n) is 5.22. The molecule has 0 spiro atoms. The summed E-state index contributed by atoms with van der Waals surface area (Å²) in [6.07, 6.45) is 0. The number of carbonyl (C=O) groups excluding carboxylic acids is 2. The Morgan fingerprint density at radius 1 is 0.833 bits per heavy atom. The molecule has 0 N–H and O–H groups in total. The highest BCUT2D eigenvalue weighted by atomic mass is 16.4. The van der Waals surface area contributed by atoms with Gasteiger partial charge in [0, 0.05) is 5.56 Å². The molecule has 0 saturated heterocycles. The SMILES string of the molecule is O=C([O-])c1ccc(C(=O)[O-])c(-c2ccccc2)c1. The fourth-order valence-electron chi connectivity index (χ4n) is 1.71. The molecule has 2 aromatic carbocycles. The monoisotopic (exact) mass is 240 g/mol. The van der Waals surface area contributed by atoms with Gasteiger partial charge in [0.05, 0.1) is 11.9 Å².